The lowest BCUT2D eigenvalue weighted by atomic mass is 10.3. The molecule has 0 aliphatic carbocycles. The summed E-state index contributed by atoms with van der Waals surface area (Å²) in [5.74, 6) is -0.111. The molecule has 2 aromatic rings. The van der Waals surface area contributed by atoms with E-state index in [4.69, 9.17) is 17.3 Å². The number of thiophene rings is 1. The first-order chi connectivity index (χ1) is 9.94. The molecule has 0 spiro atoms. The van der Waals surface area contributed by atoms with Gasteiger partial charge in [-0.15, -0.1) is 11.3 Å². The fourth-order valence-electron chi connectivity index (χ4n) is 1.83. The van der Waals surface area contributed by atoms with Gasteiger partial charge in [-0.05, 0) is 47.2 Å². The van der Waals surface area contributed by atoms with Crippen molar-refractivity contribution in [2.75, 3.05) is 24.6 Å². The molecule has 0 unspecified atom stereocenters. The SMILES string of the molecule is CN(CC(=O)Nc1ccc(N)cc1Cl)Cc1cc(Br)cs1. The van der Waals surface area contributed by atoms with Gasteiger partial charge in [-0.1, -0.05) is 11.6 Å². The molecule has 7 heteroatoms. The summed E-state index contributed by atoms with van der Waals surface area (Å²) in [7, 11) is 1.90. The summed E-state index contributed by atoms with van der Waals surface area (Å²) in [6.45, 7) is 1.01. The van der Waals surface area contributed by atoms with Gasteiger partial charge >= 0.3 is 0 Å². The summed E-state index contributed by atoms with van der Waals surface area (Å²) in [4.78, 5) is 15.1. The van der Waals surface area contributed by atoms with Gasteiger partial charge in [0.25, 0.3) is 0 Å². The zero-order valence-corrected chi connectivity index (χ0v) is 14.6. The van der Waals surface area contributed by atoms with Gasteiger partial charge in [0.15, 0.2) is 0 Å². The summed E-state index contributed by atoms with van der Waals surface area (Å²) in [5.41, 5.74) is 6.76. The van der Waals surface area contributed by atoms with Crippen LogP contribution in [0.15, 0.2) is 34.1 Å². The van der Waals surface area contributed by atoms with Gasteiger partial charge in [0.05, 0.1) is 17.3 Å². The zero-order chi connectivity index (χ0) is 15.4. The molecule has 2 rings (SSSR count). The highest BCUT2D eigenvalue weighted by atomic mass is 79.9. The molecule has 0 radical (unpaired) electrons. The molecular weight excluding hydrogens is 374 g/mol. The highest BCUT2D eigenvalue weighted by Crippen LogP contribution is 2.24. The fourth-order valence-corrected chi connectivity index (χ4v) is 3.59. The molecule has 0 saturated carbocycles. The molecule has 0 aliphatic rings. The highest BCUT2D eigenvalue weighted by Gasteiger charge is 2.10. The predicted octanol–water partition coefficient (Wildman–Crippen LogP) is 3.82. The van der Waals surface area contributed by atoms with Crippen LogP contribution in [-0.4, -0.2) is 24.4 Å². The van der Waals surface area contributed by atoms with Gasteiger partial charge in [0.1, 0.15) is 0 Å². The van der Waals surface area contributed by atoms with E-state index >= 15 is 0 Å². The Labute approximate surface area is 141 Å². The molecule has 1 aromatic carbocycles. The Morgan fingerprint density at radius 2 is 2.24 bits per heavy atom. The third kappa shape index (κ3) is 5.00. The van der Waals surface area contributed by atoms with Crippen LogP contribution in [0, 0.1) is 0 Å². The minimum atomic E-state index is -0.111. The van der Waals surface area contributed by atoms with Crippen LogP contribution >= 0.6 is 38.9 Å². The molecule has 21 heavy (non-hydrogen) atoms. The van der Waals surface area contributed by atoms with Crippen molar-refractivity contribution in [2.24, 2.45) is 0 Å². The van der Waals surface area contributed by atoms with Crippen LogP contribution in [0.4, 0.5) is 11.4 Å². The minimum absolute atomic E-state index is 0.111. The normalized spacial score (nSPS) is 10.9. The lowest BCUT2D eigenvalue weighted by molar-refractivity contribution is -0.117. The Kier molecular flexibility index (Phi) is 5.64. The molecule has 1 aromatic heterocycles. The molecule has 0 bridgehead atoms. The summed E-state index contributed by atoms with van der Waals surface area (Å²) in [6.07, 6.45) is 0. The number of nitrogens with one attached hydrogen (secondary N) is 1. The summed E-state index contributed by atoms with van der Waals surface area (Å²) in [6, 6.07) is 7.07. The maximum absolute atomic E-state index is 12.0. The van der Waals surface area contributed by atoms with Crippen molar-refractivity contribution >= 4 is 56.1 Å². The number of halogens is 2. The van der Waals surface area contributed by atoms with Crippen molar-refractivity contribution in [3.8, 4) is 0 Å². The van der Waals surface area contributed by atoms with Crippen LogP contribution in [0.25, 0.3) is 0 Å². The van der Waals surface area contributed by atoms with Gasteiger partial charge in [0.2, 0.25) is 5.91 Å². The quantitative estimate of drug-likeness (QED) is 0.766. The Morgan fingerprint density at radius 1 is 1.48 bits per heavy atom. The molecule has 0 aliphatic heterocycles. The number of anilines is 2. The third-order valence-electron chi connectivity index (χ3n) is 2.73. The van der Waals surface area contributed by atoms with Gasteiger partial charge in [-0.3, -0.25) is 9.69 Å². The topological polar surface area (TPSA) is 58.4 Å². The van der Waals surface area contributed by atoms with Crippen molar-refractivity contribution in [1.82, 2.24) is 4.90 Å². The van der Waals surface area contributed by atoms with Crippen molar-refractivity contribution in [3.63, 3.8) is 0 Å². The third-order valence-corrected chi connectivity index (χ3v) is 4.72. The number of likely N-dealkylation sites (N-methyl/N-ethyl adjacent to an activating group) is 1. The van der Waals surface area contributed by atoms with Crippen LogP contribution in [-0.2, 0) is 11.3 Å². The van der Waals surface area contributed by atoms with E-state index in [1.807, 2.05) is 17.3 Å². The van der Waals surface area contributed by atoms with Gasteiger partial charge in [-0.2, -0.15) is 0 Å². The molecule has 1 heterocycles. The molecule has 112 valence electrons. The molecule has 0 saturated heterocycles. The number of amides is 1. The number of nitrogens with two attached hydrogens (primary N) is 1. The van der Waals surface area contributed by atoms with Crippen LogP contribution < -0.4 is 11.1 Å². The first-order valence-electron chi connectivity index (χ1n) is 6.20. The van der Waals surface area contributed by atoms with E-state index in [2.05, 4.69) is 27.3 Å². The average molecular weight is 389 g/mol. The number of hydrogen-bond acceptors (Lipinski definition) is 4. The van der Waals surface area contributed by atoms with Crippen molar-refractivity contribution < 1.29 is 4.79 Å². The summed E-state index contributed by atoms with van der Waals surface area (Å²) < 4.78 is 1.06. The van der Waals surface area contributed by atoms with Crippen molar-refractivity contribution in [2.45, 2.75) is 6.54 Å². The Morgan fingerprint density at radius 3 is 2.86 bits per heavy atom. The number of rotatable bonds is 5. The van der Waals surface area contributed by atoms with Crippen molar-refractivity contribution in [3.05, 3.63) is 44.0 Å². The summed E-state index contributed by atoms with van der Waals surface area (Å²) >= 11 is 11.1. The Bertz CT molecular complexity index is 647. The second-order valence-corrected chi connectivity index (χ2v) is 7.01. The number of benzene rings is 1. The van der Waals surface area contributed by atoms with Crippen molar-refractivity contribution in [1.29, 1.82) is 0 Å². The second kappa shape index (κ2) is 7.26. The van der Waals surface area contributed by atoms with Crippen LogP contribution in [0.5, 0.6) is 0 Å². The molecule has 4 nitrogen and oxygen atoms in total. The Balaban J connectivity index is 1.89. The van der Waals surface area contributed by atoms with Gasteiger partial charge < -0.3 is 11.1 Å². The second-order valence-electron chi connectivity index (χ2n) is 4.69. The number of nitrogen functional groups attached to an aromatic ring is 1. The Hall–Kier alpha value is -1.08. The lowest BCUT2D eigenvalue weighted by Gasteiger charge is -2.15. The molecule has 1 amide bonds. The van der Waals surface area contributed by atoms with E-state index in [-0.39, 0.29) is 12.5 Å². The van der Waals surface area contributed by atoms with Crippen LogP contribution in [0.2, 0.25) is 5.02 Å². The predicted molar refractivity (Wildman–Crippen MR) is 92.8 cm³/mol. The minimum Gasteiger partial charge on any atom is -0.399 e. The smallest absolute Gasteiger partial charge is 0.238 e. The molecular formula is C14H15BrClN3OS. The van der Waals surface area contributed by atoms with Crippen LogP contribution in [0.3, 0.4) is 0 Å². The number of carbonyl (C=O) groups is 1. The highest BCUT2D eigenvalue weighted by molar-refractivity contribution is 9.10. The maximum atomic E-state index is 12.0. The monoisotopic (exact) mass is 387 g/mol. The van der Waals surface area contributed by atoms with Gasteiger partial charge in [0, 0.05) is 27.0 Å². The lowest BCUT2D eigenvalue weighted by Crippen LogP contribution is -2.29. The van der Waals surface area contributed by atoms with E-state index in [1.54, 1.807) is 29.5 Å². The fraction of sp³-hybridized carbons (Fsp3) is 0.214. The molecule has 3 N–H and O–H groups in total. The van der Waals surface area contributed by atoms with E-state index in [0.29, 0.717) is 16.4 Å². The zero-order valence-electron chi connectivity index (χ0n) is 11.4. The maximum Gasteiger partial charge on any atom is 0.238 e. The van der Waals surface area contributed by atoms with Gasteiger partial charge in [-0.25, -0.2) is 0 Å². The van der Waals surface area contributed by atoms with E-state index in [0.717, 1.165) is 11.0 Å². The number of nitrogens with zero attached hydrogens (tertiary/aromatic N) is 1. The first kappa shape index (κ1) is 16.3. The molecule has 0 atom stereocenters. The molecule has 0 fully saturated rings. The van der Waals surface area contributed by atoms with E-state index in [9.17, 15) is 4.79 Å². The summed E-state index contributed by atoms with van der Waals surface area (Å²) in [5, 5.41) is 5.25. The van der Waals surface area contributed by atoms with Crippen LogP contribution in [0.1, 0.15) is 4.88 Å². The van der Waals surface area contributed by atoms with E-state index < -0.39 is 0 Å². The largest absolute Gasteiger partial charge is 0.399 e. The first-order valence-corrected chi connectivity index (χ1v) is 8.25. The van der Waals surface area contributed by atoms with E-state index in [1.165, 1.54) is 4.88 Å². The number of carbonyl (C=O) groups excluding carboxylic acids is 1. The average Bonchev–Trinajstić information content (AvgIpc) is 2.78. The standard InChI is InChI=1S/C14H15BrClN3OS/c1-19(6-11-4-9(15)8-21-11)7-14(20)18-13-3-2-10(17)5-12(13)16/h2-5,8H,6-7,17H2,1H3,(H,18,20). The number of hydrogen-bond donors (Lipinski definition) is 2.